The fourth-order valence-electron chi connectivity index (χ4n) is 3.03. The summed E-state index contributed by atoms with van der Waals surface area (Å²) in [6.07, 6.45) is 9.45. The number of hydrogen-bond donors (Lipinski definition) is 0. The average Bonchev–Trinajstić information content (AvgIpc) is 3.01. The highest BCUT2D eigenvalue weighted by molar-refractivity contribution is 6.74. The Labute approximate surface area is 170 Å². The molecule has 152 valence electrons. The molecule has 0 N–H and O–H groups in total. The van der Waals surface area contributed by atoms with E-state index in [1.165, 1.54) is 32.0 Å². The van der Waals surface area contributed by atoms with E-state index in [-0.39, 0.29) is 17.2 Å². The summed E-state index contributed by atoms with van der Waals surface area (Å²) in [5, 5.41) is 0.576. The normalized spacial score (nSPS) is 15.3. The van der Waals surface area contributed by atoms with Crippen molar-refractivity contribution in [3.05, 3.63) is 17.8 Å². The number of aromatic nitrogens is 4. The van der Waals surface area contributed by atoms with E-state index in [9.17, 15) is 0 Å². The molecule has 0 aromatic carbocycles. The fraction of sp³-hybridized carbons (Fsp3) is 0.750. The Morgan fingerprint density at radius 3 is 2.48 bits per heavy atom. The maximum atomic E-state index is 6.86. The summed E-state index contributed by atoms with van der Waals surface area (Å²) in [6.45, 7) is 16.0. The molecule has 0 saturated carbocycles. The van der Waals surface area contributed by atoms with E-state index in [2.05, 4.69) is 67.2 Å². The molecule has 2 rings (SSSR count). The van der Waals surface area contributed by atoms with Gasteiger partial charge in [-0.3, -0.25) is 0 Å². The molecule has 0 aliphatic carbocycles. The van der Waals surface area contributed by atoms with Crippen LogP contribution in [0.1, 0.15) is 72.8 Å². The van der Waals surface area contributed by atoms with E-state index < -0.39 is 8.32 Å². The van der Waals surface area contributed by atoms with Crippen LogP contribution in [0.3, 0.4) is 0 Å². The summed E-state index contributed by atoms with van der Waals surface area (Å²) in [4.78, 5) is 12.9. The van der Waals surface area contributed by atoms with E-state index >= 15 is 0 Å². The number of imidazole rings is 1. The zero-order chi connectivity index (χ0) is 20.2. The molecule has 27 heavy (non-hydrogen) atoms. The molecule has 7 heteroatoms. The van der Waals surface area contributed by atoms with Gasteiger partial charge in [0.15, 0.2) is 19.1 Å². The second-order valence-corrected chi connectivity index (χ2v) is 14.1. The molecular formula is C20H35ClN4OSi. The maximum Gasteiger partial charge on any atom is 0.192 e. The van der Waals surface area contributed by atoms with Gasteiger partial charge in [-0.25, -0.2) is 15.0 Å². The minimum Gasteiger partial charge on any atom is -0.412 e. The lowest BCUT2D eigenvalue weighted by atomic mass is 10.0. The first-order valence-electron chi connectivity index (χ1n) is 10.1. The van der Waals surface area contributed by atoms with E-state index in [0.29, 0.717) is 10.7 Å². The van der Waals surface area contributed by atoms with Gasteiger partial charge in [-0.1, -0.05) is 65.0 Å². The van der Waals surface area contributed by atoms with Crippen LogP contribution < -0.4 is 0 Å². The highest BCUT2D eigenvalue weighted by Crippen LogP contribution is 2.39. The number of nitrogens with zero attached hydrogens (tertiary/aromatic N) is 4. The van der Waals surface area contributed by atoms with Crippen LogP contribution in [-0.4, -0.2) is 33.9 Å². The lowest BCUT2D eigenvalue weighted by molar-refractivity contribution is 0.118. The van der Waals surface area contributed by atoms with E-state index in [4.69, 9.17) is 16.0 Å². The molecule has 2 aromatic heterocycles. The third kappa shape index (κ3) is 5.30. The van der Waals surface area contributed by atoms with Gasteiger partial charge in [-0.2, -0.15) is 0 Å². The molecular weight excluding hydrogens is 376 g/mol. The third-order valence-corrected chi connectivity index (χ3v) is 10.7. The minimum atomic E-state index is -1.88. The van der Waals surface area contributed by atoms with Crippen molar-refractivity contribution in [1.82, 2.24) is 19.5 Å². The van der Waals surface area contributed by atoms with Gasteiger partial charge >= 0.3 is 0 Å². The maximum absolute atomic E-state index is 6.86. The first-order chi connectivity index (χ1) is 12.6. The van der Waals surface area contributed by atoms with Gasteiger partial charge in [0.1, 0.15) is 11.8 Å². The van der Waals surface area contributed by atoms with Gasteiger partial charge < -0.3 is 8.99 Å². The largest absolute Gasteiger partial charge is 0.412 e. The Morgan fingerprint density at radius 2 is 1.85 bits per heavy atom. The Balaban J connectivity index is 2.28. The third-order valence-electron chi connectivity index (χ3n) is 5.89. The predicted octanol–water partition coefficient (Wildman–Crippen LogP) is 6.40. The van der Waals surface area contributed by atoms with Gasteiger partial charge in [0.2, 0.25) is 0 Å². The van der Waals surface area contributed by atoms with Crippen LogP contribution >= 0.6 is 11.6 Å². The lowest BCUT2D eigenvalue weighted by Crippen LogP contribution is -2.45. The number of unbranched alkanes of at least 4 members (excludes halogenated alkanes) is 3. The quantitative estimate of drug-likeness (QED) is 0.272. The first kappa shape index (κ1) is 22.3. The Hall–Kier alpha value is -0.983. The monoisotopic (exact) mass is 410 g/mol. The van der Waals surface area contributed by atoms with Crippen molar-refractivity contribution in [3.8, 4) is 0 Å². The summed E-state index contributed by atoms with van der Waals surface area (Å²) in [5.41, 5.74) is 1.43. The standard InChI is InChI=1S/C20H35ClN4OSi/c1-8-9-10-11-12-16(26-27(6,7)20(3,4)5)15(2)25-14-24-17-18(21)22-13-23-19(17)25/h13-16H,8-12H2,1-7H3/t15-,16-/m1/s1. The molecule has 0 saturated heterocycles. The van der Waals surface area contributed by atoms with Crippen molar-refractivity contribution in [1.29, 1.82) is 0 Å². The summed E-state index contributed by atoms with van der Waals surface area (Å²) < 4.78 is 8.96. The van der Waals surface area contributed by atoms with E-state index in [1.54, 1.807) is 0 Å². The molecule has 0 bridgehead atoms. The van der Waals surface area contributed by atoms with E-state index in [1.807, 2.05) is 6.33 Å². The molecule has 0 fully saturated rings. The van der Waals surface area contributed by atoms with Crippen molar-refractivity contribution < 1.29 is 4.43 Å². The summed E-state index contributed by atoms with van der Waals surface area (Å²) in [6, 6.07) is 0.136. The van der Waals surface area contributed by atoms with Crippen molar-refractivity contribution in [2.75, 3.05) is 0 Å². The minimum absolute atomic E-state index is 0.133. The van der Waals surface area contributed by atoms with Gasteiger partial charge in [0.25, 0.3) is 0 Å². The predicted molar refractivity (Wildman–Crippen MR) is 116 cm³/mol. The Kier molecular flexibility index (Phi) is 7.45. The van der Waals surface area contributed by atoms with Crippen LogP contribution in [0.4, 0.5) is 0 Å². The Bertz CT molecular complexity index is 741. The van der Waals surface area contributed by atoms with Crippen molar-refractivity contribution in [2.45, 2.75) is 97.0 Å². The zero-order valence-electron chi connectivity index (χ0n) is 17.9. The number of halogens is 1. The Morgan fingerprint density at radius 1 is 1.15 bits per heavy atom. The zero-order valence-corrected chi connectivity index (χ0v) is 19.7. The number of fused-ring (bicyclic) bond motifs is 1. The van der Waals surface area contributed by atoms with Crippen LogP contribution in [0.15, 0.2) is 12.7 Å². The average molecular weight is 411 g/mol. The summed E-state index contributed by atoms with van der Waals surface area (Å²) in [7, 11) is -1.88. The van der Waals surface area contributed by atoms with Crippen LogP contribution in [-0.2, 0) is 4.43 Å². The summed E-state index contributed by atoms with van der Waals surface area (Å²) >= 11 is 6.19. The highest BCUT2D eigenvalue weighted by atomic mass is 35.5. The molecule has 2 aromatic rings. The number of rotatable bonds is 9. The van der Waals surface area contributed by atoms with Crippen LogP contribution in [0.2, 0.25) is 23.3 Å². The molecule has 2 heterocycles. The number of hydrogen-bond acceptors (Lipinski definition) is 4. The molecule has 0 aliphatic rings. The van der Waals surface area contributed by atoms with Crippen LogP contribution in [0.5, 0.6) is 0 Å². The van der Waals surface area contributed by atoms with Gasteiger partial charge in [0, 0.05) is 0 Å². The van der Waals surface area contributed by atoms with Gasteiger partial charge in [-0.15, -0.1) is 0 Å². The molecule has 2 atom stereocenters. The van der Waals surface area contributed by atoms with Gasteiger partial charge in [0.05, 0.1) is 18.5 Å². The smallest absolute Gasteiger partial charge is 0.192 e. The second kappa shape index (κ2) is 9.01. The molecule has 0 aliphatic heterocycles. The van der Waals surface area contributed by atoms with Crippen LogP contribution in [0, 0.1) is 0 Å². The first-order valence-corrected chi connectivity index (χ1v) is 13.4. The van der Waals surface area contributed by atoms with E-state index in [0.717, 1.165) is 12.1 Å². The SMILES string of the molecule is CCCCCC[C@@H](O[Si](C)(C)C(C)(C)C)[C@@H](C)n1cnc2c(Cl)ncnc21. The highest BCUT2D eigenvalue weighted by Gasteiger charge is 2.40. The topological polar surface area (TPSA) is 52.8 Å². The fourth-order valence-corrected chi connectivity index (χ4v) is 4.63. The summed E-state index contributed by atoms with van der Waals surface area (Å²) in [5.74, 6) is 0. The van der Waals surface area contributed by atoms with Crippen molar-refractivity contribution in [3.63, 3.8) is 0 Å². The van der Waals surface area contributed by atoms with Gasteiger partial charge in [-0.05, 0) is 31.5 Å². The van der Waals surface area contributed by atoms with Crippen molar-refractivity contribution in [2.24, 2.45) is 0 Å². The molecule has 0 amide bonds. The molecule has 0 spiro atoms. The molecule has 0 unspecified atom stereocenters. The second-order valence-electron chi connectivity index (χ2n) is 9.00. The molecule has 5 nitrogen and oxygen atoms in total. The van der Waals surface area contributed by atoms with Crippen LogP contribution in [0.25, 0.3) is 11.2 Å². The molecule has 0 radical (unpaired) electrons. The lowest BCUT2D eigenvalue weighted by Gasteiger charge is -2.41. The van der Waals surface area contributed by atoms with Crippen molar-refractivity contribution >= 4 is 31.1 Å².